The molecule has 0 aromatic heterocycles. The minimum absolute atomic E-state index is 0.0172. The minimum Gasteiger partial charge on any atom is -0.493 e. The molecular weight excluding hydrogens is 225 g/mol. The monoisotopic (exact) mass is 234 g/mol. The van der Waals surface area contributed by atoms with E-state index >= 15 is 0 Å². The van der Waals surface area contributed by atoms with Crippen molar-refractivity contribution in [2.45, 2.75) is 6.18 Å². The van der Waals surface area contributed by atoms with Crippen LogP contribution in [0.4, 0.5) is 13.2 Å². The molecule has 1 aromatic carbocycles. The second-order valence-corrected chi connectivity index (χ2v) is 2.90. The maximum atomic E-state index is 12.0. The van der Waals surface area contributed by atoms with E-state index in [1.54, 1.807) is 0 Å². The summed E-state index contributed by atoms with van der Waals surface area (Å²) in [6.07, 6.45) is -4.05. The molecule has 0 bridgehead atoms. The summed E-state index contributed by atoms with van der Waals surface area (Å²) in [6.45, 7) is -1.46. The van der Waals surface area contributed by atoms with Gasteiger partial charge in [0.05, 0.1) is 12.7 Å². The van der Waals surface area contributed by atoms with Gasteiger partial charge in [0.25, 0.3) is 0 Å². The van der Waals surface area contributed by atoms with Gasteiger partial charge in [-0.25, -0.2) is 0 Å². The molecule has 0 spiro atoms. The molecule has 16 heavy (non-hydrogen) atoms. The maximum Gasteiger partial charge on any atom is 0.422 e. The van der Waals surface area contributed by atoms with E-state index in [4.69, 9.17) is 4.74 Å². The van der Waals surface area contributed by atoms with Crippen LogP contribution in [-0.2, 0) is 0 Å². The maximum absolute atomic E-state index is 12.0. The molecular formula is C10H9F3O3. The predicted octanol–water partition coefficient (Wildman–Crippen LogP) is 2.45. The molecule has 6 heteroatoms. The van der Waals surface area contributed by atoms with Gasteiger partial charge in [-0.1, -0.05) is 6.07 Å². The lowest BCUT2D eigenvalue weighted by Gasteiger charge is -2.13. The van der Waals surface area contributed by atoms with Crippen LogP contribution in [0.3, 0.4) is 0 Å². The molecule has 0 unspecified atom stereocenters. The number of rotatable bonds is 4. The Kier molecular flexibility index (Phi) is 3.76. The quantitative estimate of drug-likeness (QED) is 0.750. The van der Waals surface area contributed by atoms with Crippen LogP contribution in [0.15, 0.2) is 18.2 Å². The highest BCUT2D eigenvalue weighted by Gasteiger charge is 2.29. The van der Waals surface area contributed by atoms with Crippen molar-refractivity contribution in [2.75, 3.05) is 13.7 Å². The number of halogens is 3. The van der Waals surface area contributed by atoms with Crippen molar-refractivity contribution < 1.29 is 27.4 Å². The Labute approximate surface area is 89.8 Å². The third kappa shape index (κ3) is 3.15. The van der Waals surface area contributed by atoms with Crippen LogP contribution in [0, 0.1) is 0 Å². The number of hydrogen-bond acceptors (Lipinski definition) is 3. The van der Waals surface area contributed by atoms with E-state index in [1.807, 2.05) is 0 Å². The van der Waals surface area contributed by atoms with E-state index < -0.39 is 12.8 Å². The van der Waals surface area contributed by atoms with Gasteiger partial charge in [0, 0.05) is 0 Å². The molecule has 1 aromatic rings. The highest BCUT2D eigenvalue weighted by Crippen LogP contribution is 2.31. The van der Waals surface area contributed by atoms with Crippen molar-refractivity contribution >= 4 is 6.29 Å². The Balaban J connectivity index is 2.95. The lowest BCUT2D eigenvalue weighted by molar-refractivity contribution is -0.153. The topological polar surface area (TPSA) is 35.5 Å². The third-order valence-electron chi connectivity index (χ3n) is 1.74. The second kappa shape index (κ2) is 4.87. The Morgan fingerprint density at radius 3 is 2.56 bits per heavy atom. The first kappa shape index (κ1) is 12.4. The average molecular weight is 234 g/mol. The van der Waals surface area contributed by atoms with E-state index in [0.717, 1.165) is 0 Å². The molecule has 0 fully saturated rings. The number of aldehydes is 1. The van der Waals surface area contributed by atoms with Crippen molar-refractivity contribution in [3.63, 3.8) is 0 Å². The number of hydrogen-bond donors (Lipinski definition) is 0. The zero-order chi connectivity index (χ0) is 12.2. The summed E-state index contributed by atoms with van der Waals surface area (Å²) in [4.78, 5) is 10.6. The summed E-state index contributed by atoms with van der Waals surface area (Å²) in [5.41, 5.74) is 0.0172. The van der Waals surface area contributed by atoms with Gasteiger partial charge in [0.1, 0.15) is 0 Å². The fourth-order valence-electron chi connectivity index (χ4n) is 1.09. The van der Waals surface area contributed by atoms with Crippen molar-refractivity contribution in [2.24, 2.45) is 0 Å². The summed E-state index contributed by atoms with van der Waals surface area (Å²) in [5, 5.41) is 0. The smallest absolute Gasteiger partial charge is 0.422 e. The highest BCUT2D eigenvalue weighted by atomic mass is 19.4. The van der Waals surface area contributed by atoms with E-state index in [9.17, 15) is 18.0 Å². The van der Waals surface area contributed by atoms with Gasteiger partial charge in [-0.3, -0.25) is 4.79 Å². The fraction of sp³-hybridized carbons (Fsp3) is 0.300. The van der Waals surface area contributed by atoms with Crippen LogP contribution in [0.25, 0.3) is 0 Å². The van der Waals surface area contributed by atoms with Crippen molar-refractivity contribution in [3.05, 3.63) is 23.8 Å². The molecule has 0 atom stereocenters. The summed E-state index contributed by atoms with van der Waals surface area (Å²) >= 11 is 0. The van der Waals surface area contributed by atoms with Gasteiger partial charge >= 0.3 is 6.18 Å². The SMILES string of the molecule is COc1cccc(C=O)c1OCC(F)(F)F. The lowest BCUT2D eigenvalue weighted by atomic mass is 10.2. The summed E-state index contributed by atoms with van der Waals surface area (Å²) in [7, 11) is 1.28. The van der Waals surface area contributed by atoms with E-state index in [0.29, 0.717) is 6.29 Å². The molecule has 88 valence electrons. The molecule has 0 heterocycles. The van der Waals surface area contributed by atoms with Crippen LogP contribution >= 0.6 is 0 Å². The third-order valence-corrected chi connectivity index (χ3v) is 1.74. The van der Waals surface area contributed by atoms with Gasteiger partial charge in [0.15, 0.2) is 24.4 Å². The van der Waals surface area contributed by atoms with Gasteiger partial charge < -0.3 is 9.47 Å². The van der Waals surface area contributed by atoms with Crippen LogP contribution in [0.2, 0.25) is 0 Å². The van der Waals surface area contributed by atoms with Crippen LogP contribution in [0.1, 0.15) is 10.4 Å². The van der Waals surface area contributed by atoms with E-state index in [2.05, 4.69) is 4.74 Å². The Morgan fingerprint density at radius 2 is 2.06 bits per heavy atom. The molecule has 0 aliphatic carbocycles. The number of para-hydroxylation sites is 1. The Hall–Kier alpha value is -1.72. The summed E-state index contributed by atoms with van der Waals surface area (Å²) in [6, 6.07) is 4.25. The van der Waals surface area contributed by atoms with Gasteiger partial charge in [0.2, 0.25) is 0 Å². The zero-order valence-corrected chi connectivity index (χ0v) is 8.38. The van der Waals surface area contributed by atoms with Crippen LogP contribution < -0.4 is 9.47 Å². The molecule has 0 aliphatic rings. The molecule has 0 N–H and O–H groups in total. The van der Waals surface area contributed by atoms with Crippen LogP contribution in [0.5, 0.6) is 11.5 Å². The number of benzene rings is 1. The largest absolute Gasteiger partial charge is 0.493 e. The average Bonchev–Trinajstić information content (AvgIpc) is 2.24. The predicted molar refractivity (Wildman–Crippen MR) is 49.9 cm³/mol. The first-order valence-corrected chi connectivity index (χ1v) is 4.29. The molecule has 0 radical (unpaired) electrons. The fourth-order valence-corrected chi connectivity index (χ4v) is 1.09. The van der Waals surface area contributed by atoms with Crippen molar-refractivity contribution in [1.82, 2.24) is 0 Å². The van der Waals surface area contributed by atoms with E-state index in [-0.39, 0.29) is 17.1 Å². The molecule has 0 saturated heterocycles. The second-order valence-electron chi connectivity index (χ2n) is 2.90. The Morgan fingerprint density at radius 1 is 1.38 bits per heavy atom. The molecule has 0 aliphatic heterocycles. The van der Waals surface area contributed by atoms with E-state index in [1.165, 1.54) is 25.3 Å². The number of alkyl halides is 3. The summed E-state index contributed by atoms with van der Waals surface area (Å²) < 4.78 is 45.2. The van der Waals surface area contributed by atoms with Gasteiger partial charge in [-0.05, 0) is 12.1 Å². The van der Waals surface area contributed by atoms with Gasteiger partial charge in [-0.15, -0.1) is 0 Å². The highest BCUT2D eigenvalue weighted by molar-refractivity contribution is 5.81. The number of carbonyl (C=O) groups is 1. The molecule has 3 nitrogen and oxygen atoms in total. The number of methoxy groups -OCH3 is 1. The molecule has 0 amide bonds. The minimum atomic E-state index is -4.46. The standard InChI is InChI=1S/C10H9F3O3/c1-15-8-4-2-3-7(5-14)9(8)16-6-10(11,12)13/h2-5H,6H2,1H3. The summed E-state index contributed by atoms with van der Waals surface area (Å²) in [5.74, 6) is -0.105. The first-order valence-electron chi connectivity index (χ1n) is 4.29. The Bertz CT molecular complexity index is 374. The molecule has 1 rings (SSSR count). The lowest BCUT2D eigenvalue weighted by Crippen LogP contribution is -2.20. The van der Waals surface area contributed by atoms with Crippen LogP contribution in [-0.4, -0.2) is 26.2 Å². The van der Waals surface area contributed by atoms with Crippen molar-refractivity contribution in [3.8, 4) is 11.5 Å². The zero-order valence-electron chi connectivity index (χ0n) is 8.38. The first-order chi connectivity index (χ1) is 7.48. The van der Waals surface area contributed by atoms with Crippen molar-refractivity contribution in [1.29, 1.82) is 0 Å². The normalized spacial score (nSPS) is 11.0. The number of carbonyl (C=O) groups excluding carboxylic acids is 1. The molecule has 0 saturated carbocycles. The van der Waals surface area contributed by atoms with Gasteiger partial charge in [-0.2, -0.15) is 13.2 Å². The number of ether oxygens (including phenoxy) is 2.